The van der Waals surface area contributed by atoms with Gasteiger partial charge < -0.3 is 0 Å². The summed E-state index contributed by atoms with van der Waals surface area (Å²) in [6.07, 6.45) is -1.29. The van der Waals surface area contributed by atoms with E-state index in [2.05, 4.69) is 4.98 Å². The monoisotopic (exact) mass is 235 g/mol. The highest BCUT2D eigenvalue weighted by Gasteiger charge is 2.38. The average Bonchev–Trinajstić information content (AvgIpc) is 2.98. The number of rotatable bonds is 2. The summed E-state index contributed by atoms with van der Waals surface area (Å²) in [5.74, 6) is 0.122. The lowest BCUT2D eigenvalue weighted by atomic mass is 10.0. The zero-order valence-corrected chi connectivity index (χ0v) is 8.57. The summed E-state index contributed by atoms with van der Waals surface area (Å²) in [4.78, 5) is 3.38. The molecule has 5 heteroatoms. The molecule has 15 heavy (non-hydrogen) atoms. The van der Waals surface area contributed by atoms with Gasteiger partial charge in [-0.15, -0.1) is 11.6 Å². The van der Waals surface area contributed by atoms with E-state index in [-0.39, 0.29) is 17.4 Å². The minimum absolute atomic E-state index is 0.130. The highest BCUT2D eigenvalue weighted by Crippen LogP contribution is 2.44. The molecule has 1 aliphatic carbocycles. The van der Waals surface area contributed by atoms with E-state index in [1.54, 1.807) is 6.07 Å². The molecule has 1 aromatic rings. The molecular formula is C10H9ClF3N. The molecule has 0 aromatic carbocycles. The molecule has 1 heterocycles. The number of pyridine rings is 1. The van der Waals surface area contributed by atoms with Crippen molar-refractivity contribution in [3.05, 3.63) is 29.1 Å². The van der Waals surface area contributed by atoms with Crippen LogP contribution in [0.2, 0.25) is 0 Å². The molecular weight excluding hydrogens is 227 g/mol. The molecule has 0 saturated heterocycles. The van der Waals surface area contributed by atoms with Crippen molar-refractivity contribution >= 4 is 11.6 Å². The molecule has 0 unspecified atom stereocenters. The summed E-state index contributed by atoms with van der Waals surface area (Å²) in [5, 5.41) is 0. The Morgan fingerprint density at radius 2 is 2.07 bits per heavy atom. The summed E-state index contributed by atoms with van der Waals surface area (Å²) in [7, 11) is 0. The summed E-state index contributed by atoms with van der Waals surface area (Å²) in [6, 6.07) is 1.64. The Bertz CT molecular complexity index is 371. The fourth-order valence-electron chi connectivity index (χ4n) is 1.67. The van der Waals surface area contributed by atoms with Crippen LogP contribution in [-0.4, -0.2) is 4.98 Å². The lowest BCUT2D eigenvalue weighted by molar-refractivity contribution is -0.141. The number of halogens is 4. The maximum absolute atomic E-state index is 12.6. The number of hydrogen-bond acceptors (Lipinski definition) is 1. The quantitative estimate of drug-likeness (QED) is 0.712. The molecule has 0 spiro atoms. The minimum Gasteiger partial charge on any atom is -0.251 e. The van der Waals surface area contributed by atoms with E-state index < -0.39 is 11.9 Å². The van der Waals surface area contributed by atoms with Crippen LogP contribution < -0.4 is 0 Å². The highest BCUT2D eigenvalue weighted by molar-refractivity contribution is 6.17. The van der Waals surface area contributed by atoms with Gasteiger partial charge in [0, 0.05) is 17.6 Å². The molecule has 0 atom stereocenters. The van der Waals surface area contributed by atoms with Gasteiger partial charge in [0.2, 0.25) is 0 Å². The third-order valence-corrected chi connectivity index (χ3v) is 2.78. The van der Waals surface area contributed by atoms with Gasteiger partial charge in [0.15, 0.2) is 0 Å². The van der Waals surface area contributed by atoms with Crippen LogP contribution in [-0.2, 0) is 12.1 Å². The van der Waals surface area contributed by atoms with Crippen LogP contribution in [0.1, 0.15) is 35.6 Å². The molecule has 0 radical (unpaired) electrons. The lowest BCUT2D eigenvalue weighted by Crippen LogP contribution is -2.12. The SMILES string of the molecule is FC(F)(F)c1nccc(C2CC2)c1CCl. The number of nitrogens with zero attached hydrogens (tertiary/aromatic N) is 1. The zero-order valence-electron chi connectivity index (χ0n) is 7.81. The Hall–Kier alpha value is -0.770. The second kappa shape index (κ2) is 3.67. The first kappa shape index (κ1) is 10.7. The van der Waals surface area contributed by atoms with Crippen molar-refractivity contribution in [1.29, 1.82) is 0 Å². The van der Waals surface area contributed by atoms with Crippen LogP contribution in [0.4, 0.5) is 13.2 Å². The van der Waals surface area contributed by atoms with E-state index in [0.717, 1.165) is 12.8 Å². The van der Waals surface area contributed by atoms with Gasteiger partial charge >= 0.3 is 6.18 Å². The summed E-state index contributed by atoms with van der Waals surface area (Å²) in [6.45, 7) is 0. The summed E-state index contributed by atoms with van der Waals surface area (Å²) < 4.78 is 37.7. The molecule has 1 fully saturated rings. The van der Waals surface area contributed by atoms with Gasteiger partial charge in [0.05, 0.1) is 0 Å². The zero-order chi connectivity index (χ0) is 11.1. The number of hydrogen-bond donors (Lipinski definition) is 0. The van der Waals surface area contributed by atoms with Crippen molar-refractivity contribution in [2.24, 2.45) is 0 Å². The number of aromatic nitrogens is 1. The molecule has 1 aromatic heterocycles. The van der Waals surface area contributed by atoms with E-state index in [1.165, 1.54) is 6.20 Å². The molecule has 2 rings (SSSR count). The fourth-order valence-corrected chi connectivity index (χ4v) is 1.95. The van der Waals surface area contributed by atoms with Crippen molar-refractivity contribution in [3.8, 4) is 0 Å². The molecule has 1 saturated carbocycles. The van der Waals surface area contributed by atoms with Gasteiger partial charge in [-0.1, -0.05) is 0 Å². The van der Waals surface area contributed by atoms with E-state index in [4.69, 9.17) is 11.6 Å². The molecule has 1 aliphatic rings. The van der Waals surface area contributed by atoms with Crippen LogP contribution in [0.25, 0.3) is 0 Å². The average molecular weight is 236 g/mol. The molecule has 1 nitrogen and oxygen atoms in total. The maximum Gasteiger partial charge on any atom is 0.433 e. The third-order valence-electron chi connectivity index (χ3n) is 2.51. The predicted molar refractivity (Wildman–Crippen MR) is 50.8 cm³/mol. The van der Waals surface area contributed by atoms with Crippen LogP contribution in [0.3, 0.4) is 0 Å². The second-order valence-electron chi connectivity index (χ2n) is 3.63. The smallest absolute Gasteiger partial charge is 0.251 e. The van der Waals surface area contributed by atoms with Crippen molar-refractivity contribution in [2.75, 3.05) is 0 Å². The first-order chi connectivity index (χ1) is 7.04. The Morgan fingerprint density at radius 1 is 1.40 bits per heavy atom. The fraction of sp³-hybridized carbons (Fsp3) is 0.500. The third kappa shape index (κ3) is 2.09. The van der Waals surface area contributed by atoms with E-state index in [0.29, 0.717) is 5.56 Å². The van der Waals surface area contributed by atoms with Crippen molar-refractivity contribution in [2.45, 2.75) is 30.8 Å². The lowest BCUT2D eigenvalue weighted by Gasteiger charge is -2.13. The van der Waals surface area contributed by atoms with E-state index in [1.807, 2.05) is 0 Å². The highest BCUT2D eigenvalue weighted by atomic mass is 35.5. The second-order valence-corrected chi connectivity index (χ2v) is 3.90. The normalized spacial score (nSPS) is 16.8. The molecule has 0 amide bonds. The molecule has 82 valence electrons. The Morgan fingerprint density at radius 3 is 2.53 bits per heavy atom. The van der Waals surface area contributed by atoms with Gasteiger partial charge in [0.1, 0.15) is 5.69 Å². The standard InChI is InChI=1S/C10H9ClF3N/c11-5-8-7(6-1-2-6)3-4-15-9(8)10(12,13)14/h3-4,6H,1-2,5H2. The molecule has 0 N–H and O–H groups in total. The van der Waals surface area contributed by atoms with Crippen LogP contribution in [0.5, 0.6) is 0 Å². The van der Waals surface area contributed by atoms with E-state index >= 15 is 0 Å². The van der Waals surface area contributed by atoms with Gasteiger partial charge in [-0.2, -0.15) is 13.2 Å². The Kier molecular flexibility index (Phi) is 2.63. The molecule has 0 aliphatic heterocycles. The Balaban J connectivity index is 2.50. The predicted octanol–water partition coefficient (Wildman–Crippen LogP) is 3.72. The topological polar surface area (TPSA) is 12.9 Å². The van der Waals surface area contributed by atoms with Crippen LogP contribution >= 0.6 is 11.6 Å². The van der Waals surface area contributed by atoms with Crippen LogP contribution in [0, 0.1) is 0 Å². The van der Waals surface area contributed by atoms with E-state index in [9.17, 15) is 13.2 Å². The van der Waals surface area contributed by atoms with Gasteiger partial charge in [-0.25, -0.2) is 0 Å². The first-order valence-corrected chi connectivity index (χ1v) is 5.18. The van der Waals surface area contributed by atoms with Crippen molar-refractivity contribution in [1.82, 2.24) is 4.98 Å². The molecule has 0 bridgehead atoms. The Labute approximate surface area is 90.3 Å². The summed E-state index contributed by atoms with van der Waals surface area (Å²) >= 11 is 5.58. The minimum atomic E-state index is -4.41. The first-order valence-electron chi connectivity index (χ1n) is 4.65. The van der Waals surface area contributed by atoms with Crippen LogP contribution in [0.15, 0.2) is 12.3 Å². The largest absolute Gasteiger partial charge is 0.433 e. The number of alkyl halides is 4. The maximum atomic E-state index is 12.6. The van der Waals surface area contributed by atoms with Crippen molar-refractivity contribution in [3.63, 3.8) is 0 Å². The van der Waals surface area contributed by atoms with Gasteiger partial charge in [0.25, 0.3) is 0 Å². The van der Waals surface area contributed by atoms with Gasteiger partial charge in [-0.05, 0) is 30.4 Å². The van der Waals surface area contributed by atoms with Crippen molar-refractivity contribution < 1.29 is 13.2 Å². The summed E-state index contributed by atoms with van der Waals surface area (Å²) in [5.41, 5.74) is 0.0309. The van der Waals surface area contributed by atoms with Gasteiger partial charge in [-0.3, -0.25) is 4.98 Å².